The second kappa shape index (κ2) is 11.0. The molecular formula is C26H29ClN2O3. The minimum atomic E-state index is -0.661. The van der Waals surface area contributed by atoms with E-state index in [0.29, 0.717) is 10.8 Å². The summed E-state index contributed by atoms with van der Waals surface area (Å²) in [6.07, 6.45) is 0.810. The van der Waals surface area contributed by atoms with E-state index >= 15 is 0 Å². The summed E-state index contributed by atoms with van der Waals surface area (Å²) in [4.78, 5) is 27.6. The van der Waals surface area contributed by atoms with Crippen LogP contribution in [0.3, 0.4) is 0 Å². The predicted molar refractivity (Wildman–Crippen MR) is 129 cm³/mol. The SMILES string of the molecule is CC[C@@H](C)NC(=O)[C@@H](C)N(Cc1cccc(Cl)c1)C(=O)COc1cccc2ccccc12. The molecule has 0 spiro atoms. The Morgan fingerprint density at radius 2 is 1.75 bits per heavy atom. The van der Waals surface area contributed by atoms with Gasteiger partial charge in [0.25, 0.3) is 5.91 Å². The van der Waals surface area contributed by atoms with Crippen molar-refractivity contribution >= 4 is 34.2 Å². The van der Waals surface area contributed by atoms with E-state index in [0.717, 1.165) is 22.8 Å². The van der Waals surface area contributed by atoms with E-state index < -0.39 is 6.04 Å². The molecule has 2 amide bonds. The number of carbonyl (C=O) groups excluding carboxylic acids is 2. The van der Waals surface area contributed by atoms with E-state index in [-0.39, 0.29) is 31.0 Å². The van der Waals surface area contributed by atoms with Gasteiger partial charge in [0, 0.05) is 23.0 Å². The lowest BCUT2D eigenvalue weighted by molar-refractivity contribution is -0.142. The van der Waals surface area contributed by atoms with Gasteiger partial charge in [-0.3, -0.25) is 9.59 Å². The van der Waals surface area contributed by atoms with Crippen molar-refractivity contribution in [1.82, 2.24) is 10.2 Å². The molecule has 0 saturated heterocycles. The maximum absolute atomic E-state index is 13.2. The van der Waals surface area contributed by atoms with Crippen molar-refractivity contribution in [1.29, 1.82) is 0 Å². The lowest BCUT2D eigenvalue weighted by atomic mass is 10.1. The average Bonchev–Trinajstić information content (AvgIpc) is 2.80. The molecule has 0 aromatic heterocycles. The van der Waals surface area contributed by atoms with Gasteiger partial charge < -0.3 is 15.0 Å². The van der Waals surface area contributed by atoms with Crippen LogP contribution in [0.5, 0.6) is 5.75 Å². The molecule has 0 radical (unpaired) electrons. The number of nitrogens with one attached hydrogen (secondary N) is 1. The fourth-order valence-corrected chi connectivity index (χ4v) is 3.64. The van der Waals surface area contributed by atoms with Crippen LogP contribution < -0.4 is 10.1 Å². The number of amides is 2. The number of fused-ring (bicyclic) bond motifs is 1. The van der Waals surface area contributed by atoms with Crippen LogP contribution >= 0.6 is 11.6 Å². The zero-order valence-electron chi connectivity index (χ0n) is 18.7. The summed E-state index contributed by atoms with van der Waals surface area (Å²) in [5.41, 5.74) is 0.846. The first-order chi connectivity index (χ1) is 15.4. The van der Waals surface area contributed by atoms with Crippen LogP contribution in [0, 0.1) is 0 Å². The number of benzene rings is 3. The van der Waals surface area contributed by atoms with Crippen molar-refractivity contribution in [3.63, 3.8) is 0 Å². The molecule has 3 aromatic rings. The Bertz CT molecular complexity index is 1080. The first-order valence-corrected chi connectivity index (χ1v) is 11.2. The summed E-state index contributed by atoms with van der Waals surface area (Å²) in [7, 11) is 0. The van der Waals surface area contributed by atoms with Crippen molar-refractivity contribution in [3.8, 4) is 5.75 Å². The van der Waals surface area contributed by atoms with Crippen LogP contribution in [0.1, 0.15) is 32.8 Å². The Morgan fingerprint density at radius 3 is 2.50 bits per heavy atom. The number of hydrogen-bond acceptors (Lipinski definition) is 3. The number of halogens is 1. The fraction of sp³-hybridized carbons (Fsp3) is 0.308. The van der Waals surface area contributed by atoms with Crippen LogP contribution in [0.2, 0.25) is 5.02 Å². The lowest BCUT2D eigenvalue weighted by Crippen LogP contribution is -2.50. The average molecular weight is 453 g/mol. The molecule has 0 heterocycles. The summed E-state index contributed by atoms with van der Waals surface area (Å²) in [6, 6.07) is 20.2. The molecule has 0 aliphatic rings. The number of ether oxygens (including phenoxy) is 1. The summed E-state index contributed by atoms with van der Waals surface area (Å²) in [5, 5.41) is 5.52. The van der Waals surface area contributed by atoms with Gasteiger partial charge in [0.1, 0.15) is 11.8 Å². The summed E-state index contributed by atoms with van der Waals surface area (Å²) in [6.45, 7) is 5.76. The highest BCUT2D eigenvalue weighted by molar-refractivity contribution is 6.30. The highest BCUT2D eigenvalue weighted by atomic mass is 35.5. The zero-order chi connectivity index (χ0) is 23.1. The number of nitrogens with zero attached hydrogens (tertiary/aromatic N) is 1. The number of carbonyl (C=O) groups is 2. The second-order valence-corrected chi connectivity index (χ2v) is 8.35. The van der Waals surface area contributed by atoms with Gasteiger partial charge in [-0.25, -0.2) is 0 Å². The molecule has 6 heteroatoms. The van der Waals surface area contributed by atoms with Crippen LogP contribution in [-0.4, -0.2) is 35.4 Å². The second-order valence-electron chi connectivity index (χ2n) is 7.91. The Balaban J connectivity index is 1.79. The topological polar surface area (TPSA) is 58.6 Å². The molecule has 0 fully saturated rings. The zero-order valence-corrected chi connectivity index (χ0v) is 19.4. The molecule has 0 saturated carbocycles. The minimum Gasteiger partial charge on any atom is -0.483 e. The highest BCUT2D eigenvalue weighted by Crippen LogP contribution is 2.25. The minimum absolute atomic E-state index is 0.0278. The van der Waals surface area contributed by atoms with Crippen molar-refractivity contribution in [2.45, 2.75) is 45.8 Å². The lowest BCUT2D eigenvalue weighted by Gasteiger charge is -2.29. The fourth-order valence-electron chi connectivity index (χ4n) is 3.42. The van der Waals surface area contributed by atoms with Gasteiger partial charge in [0.2, 0.25) is 5.91 Å². The molecule has 3 aromatic carbocycles. The molecular weight excluding hydrogens is 424 g/mol. The Labute approximate surface area is 194 Å². The third-order valence-corrected chi connectivity index (χ3v) is 5.75. The largest absolute Gasteiger partial charge is 0.483 e. The van der Waals surface area contributed by atoms with Crippen LogP contribution in [-0.2, 0) is 16.1 Å². The van der Waals surface area contributed by atoms with Crippen LogP contribution in [0.15, 0.2) is 66.7 Å². The van der Waals surface area contributed by atoms with Gasteiger partial charge in [-0.15, -0.1) is 0 Å². The number of rotatable bonds is 9. The quantitative estimate of drug-likeness (QED) is 0.485. The first-order valence-electron chi connectivity index (χ1n) is 10.8. The predicted octanol–water partition coefficient (Wildman–Crippen LogP) is 5.20. The smallest absolute Gasteiger partial charge is 0.261 e. The van der Waals surface area contributed by atoms with E-state index in [9.17, 15) is 9.59 Å². The Kier molecular flexibility index (Phi) is 8.12. The van der Waals surface area contributed by atoms with E-state index in [1.807, 2.05) is 68.4 Å². The molecule has 0 bridgehead atoms. The summed E-state index contributed by atoms with van der Waals surface area (Å²) < 4.78 is 5.91. The first kappa shape index (κ1) is 23.6. The van der Waals surface area contributed by atoms with Gasteiger partial charge in [-0.1, -0.05) is 67.1 Å². The van der Waals surface area contributed by atoms with Gasteiger partial charge in [0.05, 0.1) is 0 Å². The van der Waals surface area contributed by atoms with Gasteiger partial charge in [-0.05, 0) is 49.4 Å². The van der Waals surface area contributed by atoms with Crippen molar-refractivity contribution in [2.24, 2.45) is 0 Å². The molecule has 0 unspecified atom stereocenters. The Hall–Kier alpha value is -3.05. The Morgan fingerprint density at radius 1 is 1.03 bits per heavy atom. The maximum Gasteiger partial charge on any atom is 0.261 e. The van der Waals surface area contributed by atoms with E-state index in [4.69, 9.17) is 16.3 Å². The highest BCUT2D eigenvalue weighted by Gasteiger charge is 2.27. The van der Waals surface area contributed by atoms with Crippen molar-refractivity contribution in [2.75, 3.05) is 6.61 Å². The van der Waals surface area contributed by atoms with Crippen molar-refractivity contribution < 1.29 is 14.3 Å². The monoisotopic (exact) mass is 452 g/mol. The standard InChI is InChI=1S/C26H29ClN2O3/c1-4-18(2)28-26(31)19(3)29(16-20-9-7-12-22(27)15-20)25(30)17-32-24-14-8-11-21-10-5-6-13-23(21)24/h5-15,18-19H,4,16-17H2,1-3H3,(H,28,31)/t18-,19-/m1/s1. The number of hydrogen-bond donors (Lipinski definition) is 1. The van der Waals surface area contributed by atoms with E-state index in [2.05, 4.69) is 5.32 Å². The third-order valence-electron chi connectivity index (χ3n) is 5.51. The van der Waals surface area contributed by atoms with E-state index in [1.165, 1.54) is 4.90 Å². The molecule has 1 N–H and O–H groups in total. The molecule has 0 aliphatic heterocycles. The van der Waals surface area contributed by atoms with Crippen LogP contribution in [0.4, 0.5) is 0 Å². The van der Waals surface area contributed by atoms with Gasteiger partial charge in [-0.2, -0.15) is 0 Å². The van der Waals surface area contributed by atoms with Crippen molar-refractivity contribution in [3.05, 3.63) is 77.3 Å². The summed E-state index contributed by atoms with van der Waals surface area (Å²) in [5.74, 6) is 0.167. The van der Waals surface area contributed by atoms with Crippen LogP contribution in [0.25, 0.3) is 10.8 Å². The molecule has 32 heavy (non-hydrogen) atoms. The molecule has 5 nitrogen and oxygen atoms in total. The molecule has 168 valence electrons. The summed E-state index contributed by atoms with van der Waals surface area (Å²) >= 11 is 6.13. The van der Waals surface area contributed by atoms with E-state index in [1.54, 1.807) is 19.1 Å². The third kappa shape index (κ3) is 6.01. The van der Waals surface area contributed by atoms with Gasteiger partial charge >= 0.3 is 0 Å². The molecule has 3 rings (SSSR count). The molecule has 0 aliphatic carbocycles. The molecule has 2 atom stereocenters. The van der Waals surface area contributed by atoms with Gasteiger partial charge in [0.15, 0.2) is 6.61 Å². The maximum atomic E-state index is 13.2. The normalized spacial score (nSPS) is 12.8.